The molecule has 1 aromatic heterocycles. The molecule has 3 aromatic rings. The van der Waals surface area contributed by atoms with E-state index < -0.39 is 0 Å². The van der Waals surface area contributed by atoms with Gasteiger partial charge in [-0.1, -0.05) is 42.5 Å². The van der Waals surface area contributed by atoms with E-state index in [1.54, 1.807) is 13.1 Å². The van der Waals surface area contributed by atoms with Crippen LogP contribution >= 0.6 is 24.0 Å². The minimum atomic E-state index is -0.124. The van der Waals surface area contributed by atoms with Crippen LogP contribution in [0.25, 0.3) is 10.9 Å². The molecule has 1 heterocycles. The van der Waals surface area contributed by atoms with Gasteiger partial charge in [-0.05, 0) is 36.1 Å². The van der Waals surface area contributed by atoms with E-state index in [2.05, 4.69) is 38.8 Å². The predicted molar refractivity (Wildman–Crippen MR) is 123 cm³/mol. The second kappa shape index (κ2) is 8.86. The monoisotopic (exact) mass is 490 g/mol. The van der Waals surface area contributed by atoms with Crippen molar-refractivity contribution >= 4 is 40.8 Å². The third-order valence-electron chi connectivity index (χ3n) is 5.28. The van der Waals surface area contributed by atoms with Gasteiger partial charge >= 0.3 is 0 Å². The first kappa shape index (κ1) is 20.5. The number of nitrogens with one attached hydrogen (secondary N) is 2. The summed E-state index contributed by atoms with van der Waals surface area (Å²) in [4.78, 5) is 8.80. The third-order valence-corrected chi connectivity index (χ3v) is 5.28. The van der Waals surface area contributed by atoms with Crippen LogP contribution in [0.3, 0.4) is 0 Å². The Labute approximate surface area is 181 Å². The maximum Gasteiger partial charge on any atom is 0.191 e. The summed E-state index contributed by atoms with van der Waals surface area (Å²) in [5.41, 5.74) is 2.79. The second-order valence-electron chi connectivity index (χ2n) is 7.03. The van der Waals surface area contributed by atoms with Crippen LogP contribution in [-0.4, -0.2) is 24.5 Å². The lowest BCUT2D eigenvalue weighted by molar-refractivity contribution is 0.559. The number of halogens is 2. The Hall–Kier alpha value is -2.22. The lowest BCUT2D eigenvalue weighted by atomic mass is 9.95. The molecule has 0 unspecified atom stereocenters. The summed E-state index contributed by atoms with van der Waals surface area (Å²) >= 11 is 0. The van der Waals surface area contributed by atoms with Gasteiger partial charge < -0.3 is 10.6 Å². The molecule has 0 bridgehead atoms. The first-order valence-electron chi connectivity index (χ1n) is 9.24. The van der Waals surface area contributed by atoms with Crippen molar-refractivity contribution < 1.29 is 4.39 Å². The van der Waals surface area contributed by atoms with E-state index in [4.69, 9.17) is 0 Å². The third kappa shape index (κ3) is 4.27. The smallest absolute Gasteiger partial charge is 0.191 e. The zero-order valence-corrected chi connectivity index (χ0v) is 18.1. The molecule has 0 atom stereocenters. The fraction of sp³-hybridized carbons (Fsp3) is 0.273. The number of fused-ring (bicyclic) bond motifs is 1. The van der Waals surface area contributed by atoms with Crippen LogP contribution < -0.4 is 10.6 Å². The summed E-state index contributed by atoms with van der Waals surface area (Å²) in [7, 11) is 1.75. The molecule has 1 aliphatic rings. The van der Waals surface area contributed by atoms with E-state index in [1.807, 2.05) is 30.5 Å². The number of nitrogens with zero attached hydrogens (tertiary/aromatic N) is 2. The van der Waals surface area contributed by atoms with Crippen LogP contribution in [0.4, 0.5) is 4.39 Å². The number of benzene rings is 2. The number of guanidine groups is 1. The summed E-state index contributed by atoms with van der Waals surface area (Å²) in [5.74, 6) is 0.590. The average molecular weight is 490 g/mol. The van der Waals surface area contributed by atoms with E-state index in [0.29, 0.717) is 19.0 Å². The van der Waals surface area contributed by atoms with E-state index in [0.717, 1.165) is 34.9 Å². The van der Waals surface area contributed by atoms with Crippen molar-refractivity contribution in [3.8, 4) is 0 Å². The number of hydrogen-bond donors (Lipinski definition) is 2. The Balaban J connectivity index is 0.00000225. The molecule has 1 fully saturated rings. The second-order valence-corrected chi connectivity index (χ2v) is 7.03. The molecule has 2 aromatic carbocycles. The van der Waals surface area contributed by atoms with Gasteiger partial charge in [-0.25, -0.2) is 4.39 Å². The van der Waals surface area contributed by atoms with E-state index in [-0.39, 0.29) is 35.2 Å². The summed E-state index contributed by atoms with van der Waals surface area (Å²) in [5, 5.41) is 7.84. The zero-order chi connectivity index (χ0) is 18.7. The van der Waals surface area contributed by atoms with E-state index in [1.165, 1.54) is 6.07 Å². The normalized spacial score (nSPS) is 15.0. The molecule has 1 saturated carbocycles. The maximum absolute atomic E-state index is 14.2. The van der Waals surface area contributed by atoms with Crippen molar-refractivity contribution in [3.05, 3.63) is 77.7 Å². The van der Waals surface area contributed by atoms with Crippen molar-refractivity contribution in [3.63, 3.8) is 0 Å². The number of aliphatic imine (C=N–C) groups is 1. The topological polar surface area (TPSA) is 49.3 Å². The van der Waals surface area contributed by atoms with Crippen molar-refractivity contribution in [1.29, 1.82) is 0 Å². The van der Waals surface area contributed by atoms with Gasteiger partial charge in [0.15, 0.2) is 5.96 Å². The van der Waals surface area contributed by atoms with Crippen LogP contribution in [0.5, 0.6) is 0 Å². The number of aromatic nitrogens is 1. The van der Waals surface area contributed by atoms with E-state index in [9.17, 15) is 4.39 Å². The Morgan fingerprint density at radius 1 is 1.07 bits per heavy atom. The molecule has 0 saturated heterocycles. The number of para-hydroxylation sites is 1. The van der Waals surface area contributed by atoms with Gasteiger partial charge in [-0.15, -0.1) is 24.0 Å². The van der Waals surface area contributed by atoms with Gasteiger partial charge in [0.2, 0.25) is 0 Å². The van der Waals surface area contributed by atoms with Gasteiger partial charge in [-0.3, -0.25) is 9.98 Å². The van der Waals surface area contributed by atoms with Crippen LogP contribution in [0.15, 0.2) is 65.8 Å². The SMILES string of the molecule is CN=C(NCc1cccc2cccnc12)NCC1(c2ccccc2F)CC1.I. The van der Waals surface area contributed by atoms with Crippen molar-refractivity contribution in [2.24, 2.45) is 4.99 Å². The summed E-state index contributed by atoms with van der Waals surface area (Å²) < 4.78 is 14.2. The quantitative estimate of drug-likeness (QED) is 0.317. The molecular formula is C22H24FIN4. The van der Waals surface area contributed by atoms with E-state index >= 15 is 0 Å². The first-order chi connectivity index (χ1) is 13.2. The first-order valence-corrected chi connectivity index (χ1v) is 9.24. The fourth-order valence-corrected chi connectivity index (χ4v) is 3.55. The Bertz CT molecular complexity index is 980. The summed E-state index contributed by atoms with van der Waals surface area (Å²) in [6.07, 6.45) is 3.79. The van der Waals surface area contributed by atoms with Crippen LogP contribution in [0.2, 0.25) is 0 Å². The highest BCUT2D eigenvalue weighted by molar-refractivity contribution is 14.0. The maximum atomic E-state index is 14.2. The van der Waals surface area contributed by atoms with Gasteiger partial charge in [0.05, 0.1) is 5.52 Å². The molecule has 2 N–H and O–H groups in total. The minimum absolute atomic E-state index is 0. The molecular weight excluding hydrogens is 466 g/mol. The number of rotatable bonds is 5. The van der Waals surface area contributed by atoms with Gasteiger partial charge in [0, 0.05) is 37.1 Å². The standard InChI is InChI=1S/C22H23FN4.HI/c1-24-21(26-14-17-7-4-6-16-8-5-13-25-20(16)17)27-15-22(11-12-22)18-9-2-3-10-19(18)23;/h2-10,13H,11-12,14-15H2,1H3,(H2,24,26,27);1H. The molecule has 146 valence electrons. The minimum Gasteiger partial charge on any atom is -0.356 e. The Morgan fingerprint density at radius 3 is 2.61 bits per heavy atom. The largest absolute Gasteiger partial charge is 0.356 e. The lowest BCUT2D eigenvalue weighted by Gasteiger charge is -2.19. The Kier molecular flexibility index (Phi) is 6.49. The zero-order valence-electron chi connectivity index (χ0n) is 15.8. The fourth-order valence-electron chi connectivity index (χ4n) is 3.55. The number of hydrogen-bond acceptors (Lipinski definition) is 2. The number of pyridine rings is 1. The molecule has 0 radical (unpaired) electrons. The van der Waals surface area contributed by atoms with Gasteiger partial charge in [0.25, 0.3) is 0 Å². The van der Waals surface area contributed by atoms with Crippen LogP contribution in [0, 0.1) is 5.82 Å². The average Bonchev–Trinajstić information content (AvgIpc) is 3.49. The highest BCUT2D eigenvalue weighted by Gasteiger charge is 2.45. The molecule has 0 spiro atoms. The molecule has 0 aliphatic heterocycles. The molecule has 1 aliphatic carbocycles. The highest BCUT2D eigenvalue weighted by atomic mass is 127. The summed E-state index contributed by atoms with van der Waals surface area (Å²) in [6, 6.07) is 17.2. The molecule has 6 heteroatoms. The van der Waals surface area contributed by atoms with Gasteiger partial charge in [0.1, 0.15) is 5.82 Å². The lowest BCUT2D eigenvalue weighted by Crippen LogP contribution is -2.41. The molecule has 28 heavy (non-hydrogen) atoms. The molecule has 4 rings (SSSR count). The highest BCUT2D eigenvalue weighted by Crippen LogP contribution is 2.48. The molecule has 4 nitrogen and oxygen atoms in total. The van der Waals surface area contributed by atoms with Crippen molar-refractivity contribution in [1.82, 2.24) is 15.6 Å². The van der Waals surface area contributed by atoms with Crippen LogP contribution in [0.1, 0.15) is 24.0 Å². The van der Waals surface area contributed by atoms with Crippen molar-refractivity contribution in [2.75, 3.05) is 13.6 Å². The van der Waals surface area contributed by atoms with Crippen molar-refractivity contribution in [2.45, 2.75) is 24.8 Å². The predicted octanol–water partition coefficient (Wildman–Crippen LogP) is 4.39. The summed E-state index contributed by atoms with van der Waals surface area (Å²) in [6.45, 7) is 1.29. The molecule has 0 amide bonds. The van der Waals surface area contributed by atoms with Gasteiger partial charge in [-0.2, -0.15) is 0 Å². The van der Waals surface area contributed by atoms with Crippen LogP contribution in [-0.2, 0) is 12.0 Å². The Morgan fingerprint density at radius 2 is 1.86 bits per heavy atom.